The van der Waals surface area contributed by atoms with Crippen LogP contribution in [0.15, 0.2) is 24.3 Å². The smallest absolute Gasteiger partial charge is 0.269 e. The zero-order valence-corrected chi connectivity index (χ0v) is 29.8. The molecule has 1 aromatic rings. The van der Waals surface area contributed by atoms with Crippen LogP contribution in [-0.2, 0) is 30.3 Å². The van der Waals surface area contributed by atoms with Gasteiger partial charge in [-0.3, -0.25) is 24.5 Å². The van der Waals surface area contributed by atoms with Gasteiger partial charge in [-0.15, -0.1) is 12.4 Å². The van der Waals surface area contributed by atoms with Crippen LogP contribution >= 0.6 is 12.4 Å². The van der Waals surface area contributed by atoms with Crippen molar-refractivity contribution in [2.45, 2.75) is 97.1 Å². The van der Waals surface area contributed by atoms with E-state index in [1.807, 2.05) is 32.6 Å². The first-order valence-electron chi connectivity index (χ1n) is 16.1. The number of non-ortho nitro benzene ring substituents is 1. The Kier molecular flexibility index (Phi) is 17.1. The highest BCUT2D eigenvalue weighted by Gasteiger charge is 2.42. The number of ether oxygens (including phenoxy) is 2. The third kappa shape index (κ3) is 10.4. The Morgan fingerprint density at radius 3 is 2.17 bits per heavy atom. The van der Waals surface area contributed by atoms with Crippen LogP contribution in [0.25, 0.3) is 0 Å². The van der Waals surface area contributed by atoms with Crippen LogP contribution in [0.1, 0.15) is 65.9 Å². The number of nitrogens with two attached hydrogens (primary N) is 1. The van der Waals surface area contributed by atoms with Crippen molar-refractivity contribution in [3.63, 3.8) is 0 Å². The molecule has 46 heavy (non-hydrogen) atoms. The molecule has 0 saturated carbocycles. The number of benzene rings is 1. The lowest BCUT2D eigenvalue weighted by molar-refractivity contribution is -0.384. The summed E-state index contributed by atoms with van der Waals surface area (Å²) in [6, 6.07) is 5.05. The van der Waals surface area contributed by atoms with Gasteiger partial charge in [-0.2, -0.15) is 0 Å². The van der Waals surface area contributed by atoms with E-state index in [1.165, 1.54) is 12.1 Å². The quantitative estimate of drug-likeness (QED) is 0.194. The number of hydrogen-bond donors (Lipinski definition) is 1. The minimum Gasteiger partial charge on any atom is -0.379 e. The van der Waals surface area contributed by atoms with Crippen LogP contribution in [0.3, 0.4) is 0 Å². The van der Waals surface area contributed by atoms with Gasteiger partial charge in [0.2, 0.25) is 17.7 Å². The Labute approximate surface area is 280 Å². The van der Waals surface area contributed by atoms with Gasteiger partial charge >= 0.3 is 0 Å². The van der Waals surface area contributed by atoms with E-state index in [0.717, 1.165) is 18.4 Å². The SMILES string of the molecule is CC[C@H](C)[C@@H]([C@@H](CC(=O)N1CCC[C@H]1[C@H](OC)[C@@H](C)C(=O)N(C)CCc1ccc([N+](=O)[O-])cc1)OC)N(C)C(=O)[C@@H](N)C(C)C.Cl. The lowest BCUT2D eigenvalue weighted by atomic mass is 9.89. The average molecular weight is 670 g/mol. The summed E-state index contributed by atoms with van der Waals surface area (Å²) in [7, 11) is 6.61. The first-order chi connectivity index (χ1) is 21.2. The maximum absolute atomic E-state index is 13.9. The van der Waals surface area contributed by atoms with Crippen LogP contribution in [0.2, 0.25) is 0 Å². The molecule has 1 fully saturated rings. The zero-order valence-electron chi connectivity index (χ0n) is 29.0. The van der Waals surface area contributed by atoms with Gasteiger partial charge < -0.3 is 29.9 Å². The van der Waals surface area contributed by atoms with Crippen LogP contribution in [0, 0.1) is 27.9 Å². The number of nitro benzene ring substituents is 1. The Morgan fingerprint density at radius 2 is 1.67 bits per heavy atom. The second-order valence-corrected chi connectivity index (χ2v) is 12.8. The molecule has 0 spiro atoms. The fraction of sp³-hybridized carbons (Fsp3) is 0.727. The highest BCUT2D eigenvalue weighted by Crippen LogP contribution is 2.30. The Balaban J connectivity index is 0.0000106. The monoisotopic (exact) mass is 669 g/mol. The van der Waals surface area contributed by atoms with Crippen LogP contribution < -0.4 is 5.73 Å². The summed E-state index contributed by atoms with van der Waals surface area (Å²) in [5.41, 5.74) is 7.13. The van der Waals surface area contributed by atoms with Gasteiger partial charge in [-0.1, -0.05) is 53.2 Å². The summed E-state index contributed by atoms with van der Waals surface area (Å²) in [6.07, 6.45) is 1.89. The molecule has 13 heteroatoms. The van der Waals surface area contributed by atoms with E-state index in [9.17, 15) is 24.5 Å². The molecule has 0 aliphatic carbocycles. The van der Waals surface area contributed by atoms with E-state index >= 15 is 0 Å². The lowest BCUT2D eigenvalue weighted by Crippen LogP contribution is -2.56. The molecule has 0 bridgehead atoms. The molecule has 0 unspecified atom stereocenters. The van der Waals surface area contributed by atoms with E-state index < -0.39 is 29.1 Å². The molecule has 7 atom stereocenters. The number of likely N-dealkylation sites (N-methyl/N-ethyl adjacent to an activating group) is 2. The predicted molar refractivity (Wildman–Crippen MR) is 181 cm³/mol. The van der Waals surface area contributed by atoms with Gasteiger partial charge in [0.15, 0.2) is 0 Å². The molecule has 1 aliphatic rings. The minimum absolute atomic E-state index is 0. The van der Waals surface area contributed by atoms with Crippen molar-refractivity contribution in [1.82, 2.24) is 14.7 Å². The van der Waals surface area contributed by atoms with Crippen molar-refractivity contribution >= 4 is 35.8 Å². The van der Waals surface area contributed by atoms with Gasteiger partial charge in [0.05, 0.1) is 47.6 Å². The minimum atomic E-state index is -0.647. The second kappa shape index (κ2) is 19.1. The summed E-state index contributed by atoms with van der Waals surface area (Å²) in [6.45, 7) is 10.7. The van der Waals surface area contributed by atoms with Crippen LogP contribution in [-0.4, -0.2) is 109 Å². The summed E-state index contributed by atoms with van der Waals surface area (Å²) < 4.78 is 11.8. The molecule has 0 aromatic heterocycles. The zero-order chi connectivity index (χ0) is 34.0. The average Bonchev–Trinajstić information content (AvgIpc) is 3.51. The van der Waals surface area contributed by atoms with Gasteiger partial charge in [-0.25, -0.2) is 0 Å². The van der Waals surface area contributed by atoms with Gasteiger partial charge in [0.1, 0.15) is 0 Å². The summed E-state index contributed by atoms with van der Waals surface area (Å²) in [5, 5.41) is 10.9. The molecule has 3 amide bonds. The Morgan fingerprint density at radius 1 is 1.07 bits per heavy atom. The van der Waals surface area contributed by atoms with Crippen molar-refractivity contribution in [3.8, 4) is 0 Å². The third-order valence-electron chi connectivity index (χ3n) is 9.50. The van der Waals surface area contributed by atoms with E-state index in [0.29, 0.717) is 25.9 Å². The summed E-state index contributed by atoms with van der Waals surface area (Å²) in [4.78, 5) is 56.2. The van der Waals surface area contributed by atoms with Crippen molar-refractivity contribution in [2.75, 3.05) is 41.4 Å². The number of rotatable bonds is 17. The lowest BCUT2D eigenvalue weighted by Gasteiger charge is -2.40. The fourth-order valence-electron chi connectivity index (χ4n) is 6.36. The number of amides is 3. The number of carbonyl (C=O) groups excluding carboxylic acids is 3. The molecular weight excluding hydrogens is 614 g/mol. The number of likely N-dealkylation sites (tertiary alicyclic amines) is 1. The number of carbonyl (C=O) groups is 3. The van der Waals surface area contributed by atoms with Crippen molar-refractivity contribution in [2.24, 2.45) is 23.5 Å². The topological polar surface area (TPSA) is 149 Å². The van der Waals surface area contributed by atoms with E-state index in [2.05, 4.69) is 6.92 Å². The molecule has 1 heterocycles. The second-order valence-electron chi connectivity index (χ2n) is 12.8. The molecular formula is C33H56ClN5O7. The molecule has 12 nitrogen and oxygen atoms in total. The molecule has 262 valence electrons. The first kappa shape index (κ1) is 41.2. The van der Waals surface area contributed by atoms with Crippen molar-refractivity contribution in [3.05, 3.63) is 39.9 Å². The van der Waals surface area contributed by atoms with Crippen LogP contribution in [0.5, 0.6) is 0 Å². The molecule has 1 saturated heterocycles. The number of nitrogens with zero attached hydrogens (tertiary/aromatic N) is 4. The van der Waals surface area contributed by atoms with Crippen LogP contribution in [0.4, 0.5) is 5.69 Å². The van der Waals surface area contributed by atoms with Crippen molar-refractivity contribution < 1.29 is 28.8 Å². The Bertz CT molecular complexity index is 1140. The fourth-order valence-corrected chi connectivity index (χ4v) is 6.36. The summed E-state index contributed by atoms with van der Waals surface area (Å²) >= 11 is 0. The number of nitro groups is 1. The van der Waals surface area contributed by atoms with Gasteiger partial charge in [0, 0.05) is 53.5 Å². The summed E-state index contributed by atoms with van der Waals surface area (Å²) in [5.74, 6) is -0.842. The molecule has 2 N–H and O–H groups in total. The largest absolute Gasteiger partial charge is 0.379 e. The van der Waals surface area contributed by atoms with Gasteiger partial charge in [-0.05, 0) is 36.7 Å². The highest BCUT2D eigenvalue weighted by atomic mass is 35.5. The number of halogens is 1. The molecule has 2 rings (SSSR count). The molecule has 1 aromatic carbocycles. The van der Waals surface area contributed by atoms with E-state index in [-0.39, 0.29) is 66.2 Å². The predicted octanol–water partition coefficient (Wildman–Crippen LogP) is 3.92. The van der Waals surface area contributed by atoms with E-state index in [4.69, 9.17) is 15.2 Å². The van der Waals surface area contributed by atoms with Gasteiger partial charge in [0.25, 0.3) is 5.69 Å². The number of hydrogen-bond acceptors (Lipinski definition) is 8. The normalized spacial score (nSPS) is 18.6. The first-order valence-corrected chi connectivity index (χ1v) is 16.1. The van der Waals surface area contributed by atoms with E-state index in [1.54, 1.807) is 50.2 Å². The highest BCUT2D eigenvalue weighted by molar-refractivity contribution is 5.85. The van der Waals surface area contributed by atoms with Crippen molar-refractivity contribution in [1.29, 1.82) is 0 Å². The molecule has 1 aliphatic heterocycles. The maximum atomic E-state index is 13.9. The maximum Gasteiger partial charge on any atom is 0.269 e. The Hall–Kier alpha value is -2.80. The standard InChI is InChI=1S/C33H55N5O7.ClH/c1-10-22(4)30(36(7)33(41)29(34)21(2)3)27(44-8)20-28(39)37-18-11-12-26(37)31(45-9)23(5)32(40)35(6)19-17-24-13-15-25(16-14-24)38(42)43;/h13-16,21-23,26-27,29-31H,10-12,17-20,34H2,1-9H3;1H/t22-,23+,26-,27+,29-,30-,31+;/m0./s1. The molecule has 0 radical (unpaired) electrons. The third-order valence-corrected chi connectivity index (χ3v) is 9.50. The number of methoxy groups -OCH3 is 2.